The molecule has 7 heteroatoms. The van der Waals surface area contributed by atoms with Gasteiger partial charge in [0.05, 0.1) is 12.3 Å². The maximum Gasteiger partial charge on any atom is 0.253 e. The first-order chi connectivity index (χ1) is 12.6. The minimum atomic E-state index is -0.597. The van der Waals surface area contributed by atoms with Crippen molar-refractivity contribution in [1.82, 2.24) is 0 Å². The summed E-state index contributed by atoms with van der Waals surface area (Å²) in [5.41, 5.74) is 0.471. The molecule has 3 rings (SSSR count). The lowest BCUT2D eigenvalue weighted by Gasteiger charge is -2.21. The molecule has 0 aromatic heterocycles. The largest absolute Gasteiger partial charge is 0.455 e. The molecule has 1 N–H and O–H groups in total. The zero-order valence-electron chi connectivity index (χ0n) is 14.2. The van der Waals surface area contributed by atoms with E-state index in [-0.39, 0.29) is 11.8 Å². The Morgan fingerprint density at radius 1 is 1.19 bits per heavy atom. The minimum absolute atomic E-state index is 0.0276. The standard InChI is InChI=1S/C19H19Cl2NO4/c1-24-18(12-8-9-25-11-12)19(23)22-16-10-14(21)4-7-17(16)26-15-5-2-13(20)3-6-15/h2-7,10,12,18H,8-9,11H2,1H3,(H,22,23). The van der Waals surface area contributed by atoms with Crippen LogP contribution in [0.4, 0.5) is 5.69 Å². The number of halogens is 2. The van der Waals surface area contributed by atoms with Crippen LogP contribution in [0.1, 0.15) is 6.42 Å². The summed E-state index contributed by atoms with van der Waals surface area (Å²) < 4.78 is 16.6. The molecule has 1 aliphatic heterocycles. The molecule has 2 unspecified atom stereocenters. The first kappa shape index (κ1) is 19.0. The Bertz CT molecular complexity index is 761. The highest BCUT2D eigenvalue weighted by molar-refractivity contribution is 6.31. The Kier molecular flexibility index (Phi) is 6.38. The third-order valence-electron chi connectivity index (χ3n) is 4.15. The van der Waals surface area contributed by atoms with Gasteiger partial charge in [0.2, 0.25) is 0 Å². The summed E-state index contributed by atoms with van der Waals surface area (Å²) in [6.07, 6.45) is 0.190. The van der Waals surface area contributed by atoms with Crippen LogP contribution in [-0.2, 0) is 14.3 Å². The van der Waals surface area contributed by atoms with Crippen molar-refractivity contribution in [2.75, 3.05) is 25.6 Å². The summed E-state index contributed by atoms with van der Waals surface area (Å²) in [6.45, 7) is 1.15. The minimum Gasteiger partial charge on any atom is -0.455 e. The Hall–Kier alpha value is -1.79. The van der Waals surface area contributed by atoms with Gasteiger partial charge in [-0.2, -0.15) is 0 Å². The molecule has 26 heavy (non-hydrogen) atoms. The number of carbonyl (C=O) groups is 1. The molecular formula is C19H19Cl2NO4. The van der Waals surface area contributed by atoms with Crippen molar-refractivity contribution in [3.05, 3.63) is 52.5 Å². The number of ether oxygens (including phenoxy) is 3. The molecule has 1 amide bonds. The molecule has 0 spiro atoms. The molecule has 5 nitrogen and oxygen atoms in total. The molecule has 0 bridgehead atoms. The summed E-state index contributed by atoms with van der Waals surface area (Å²) in [4.78, 5) is 12.7. The van der Waals surface area contributed by atoms with E-state index in [1.807, 2.05) is 0 Å². The molecule has 0 radical (unpaired) electrons. The van der Waals surface area contributed by atoms with Crippen LogP contribution in [0.5, 0.6) is 11.5 Å². The Balaban J connectivity index is 1.78. The number of carbonyl (C=O) groups excluding carboxylic acids is 1. The van der Waals surface area contributed by atoms with Crippen molar-refractivity contribution in [3.63, 3.8) is 0 Å². The van der Waals surface area contributed by atoms with E-state index in [0.717, 1.165) is 6.42 Å². The van der Waals surface area contributed by atoms with E-state index in [4.69, 9.17) is 37.4 Å². The van der Waals surface area contributed by atoms with Crippen molar-refractivity contribution in [2.45, 2.75) is 12.5 Å². The second kappa shape index (κ2) is 8.73. The fraction of sp³-hybridized carbons (Fsp3) is 0.316. The number of benzene rings is 2. The highest BCUT2D eigenvalue weighted by Crippen LogP contribution is 2.33. The van der Waals surface area contributed by atoms with Gasteiger partial charge in [-0.05, 0) is 48.9 Å². The SMILES string of the molecule is COC(C(=O)Nc1cc(Cl)ccc1Oc1ccc(Cl)cc1)C1CCOC1. The summed E-state index contributed by atoms with van der Waals surface area (Å²) in [5.74, 6) is 0.841. The number of hydrogen-bond acceptors (Lipinski definition) is 4. The van der Waals surface area contributed by atoms with Crippen LogP contribution >= 0.6 is 23.2 Å². The van der Waals surface area contributed by atoms with Crippen LogP contribution in [0.25, 0.3) is 0 Å². The Morgan fingerprint density at radius 2 is 1.92 bits per heavy atom. The van der Waals surface area contributed by atoms with E-state index in [0.29, 0.717) is 40.4 Å². The van der Waals surface area contributed by atoms with Gasteiger partial charge in [-0.3, -0.25) is 4.79 Å². The van der Waals surface area contributed by atoms with Gasteiger partial charge >= 0.3 is 0 Å². The first-order valence-electron chi connectivity index (χ1n) is 8.21. The molecular weight excluding hydrogens is 377 g/mol. The number of rotatable bonds is 6. The topological polar surface area (TPSA) is 56.8 Å². The van der Waals surface area contributed by atoms with Crippen LogP contribution in [0.3, 0.4) is 0 Å². The summed E-state index contributed by atoms with van der Waals surface area (Å²) in [6, 6.07) is 12.0. The predicted molar refractivity (Wildman–Crippen MR) is 101 cm³/mol. The van der Waals surface area contributed by atoms with Crippen LogP contribution in [0.2, 0.25) is 10.0 Å². The van der Waals surface area contributed by atoms with Crippen molar-refractivity contribution in [3.8, 4) is 11.5 Å². The van der Waals surface area contributed by atoms with E-state index in [9.17, 15) is 4.79 Å². The molecule has 2 aromatic carbocycles. The molecule has 0 aliphatic carbocycles. The molecule has 1 saturated heterocycles. The Labute approximate surface area is 162 Å². The van der Waals surface area contributed by atoms with E-state index in [1.165, 1.54) is 7.11 Å². The quantitative estimate of drug-likeness (QED) is 0.764. The molecule has 2 aromatic rings. The normalized spacial score (nSPS) is 17.7. The molecule has 1 heterocycles. The number of amides is 1. The third-order valence-corrected chi connectivity index (χ3v) is 4.63. The fourth-order valence-corrected chi connectivity index (χ4v) is 3.13. The van der Waals surface area contributed by atoms with Gasteiger partial charge in [0.15, 0.2) is 5.75 Å². The molecule has 138 valence electrons. The summed E-state index contributed by atoms with van der Waals surface area (Å²) in [7, 11) is 1.52. The van der Waals surface area contributed by atoms with Crippen LogP contribution in [-0.4, -0.2) is 32.3 Å². The van der Waals surface area contributed by atoms with Gasteiger partial charge in [-0.1, -0.05) is 23.2 Å². The molecule has 1 fully saturated rings. The monoisotopic (exact) mass is 395 g/mol. The maximum absolute atomic E-state index is 12.7. The first-order valence-corrected chi connectivity index (χ1v) is 8.97. The summed E-state index contributed by atoms with van der Waals surface area (Å²) in [5, 5.41) is 3.96. The van der Waals surface area contributed by atoms with Crippen LogP contribution < -0.4 is 10.1 Å². The number of hydrogen-bond donors (Lipinski definition) is 1. The number of nitrogens with one attached hydrogen (secondary N) is 1. The lowest BCUT2D eigenvalue weighted by atomic mass is 10.0. The zero-order valence-corrected chi connectivity index (χ0v) is 15.7. The zero-order chi connectivity index (χ0) is 18.5. The highest BCUT2D eigenvalue weighted by atomic mass is 35.5. The van der Waals surface area contributed by atoms with Gasteiger partial charge in [0.25, 0.3) is 5.91 Å². The lowest BCUT2D eigenvalue weighted by Crippen LogP contribution is -2.36. The average Bonchev–Trinajstić information content (AvgIpc) is 3.14. The third kappa shape index (κ3) is 4.68. The van der Waals surface area contributed by atoms with Crippen molar-refractivity contribution in [1.29, 1.82) is 0 Å². The lowest BCUT2D eigenvalue weighted by molar-refractivity contribution is -0.128. The number of methoxy groups -OCH3 is 1. The van der Waals surface area contributed by atoms with E-state index in [1.54, 1.807) is 42.5 Å². The van der Waals surface area contributed by atoms with Gasteiger partial charge < -0.3 is 19.5 Å². The molecule has 2 atom stereocenters. The maximum atomic E-state index is 12.7. The van der Waals surface area contributed by atoms with Crippen LogP contribution in [0.15, 0.2) is 42.5 Å². The van der Waals surface area contributed by atoms with Gasteiger partial charge in [-0.15, -0.1) is 0 Å². The Morgan fingerprint density at radius 3 is 2.58 bits per heavy atom. The van der Waals surface area contributed by atoms with E-state index < -0.39 is 6.10 Å². The van der Waals surface area contributed by atoms with Gasteiger partial charge in [-0.25, -0.2) is 0 Å². The average molecular weight is 396 g/mol. The van der Waals surface area contributed by atoms with E-state index >= 15 is 0 Å². The number of anilines is 1. The van der Waals surface area contributed by atoms with Crippen LogP contribution in [0, 0.1) is 5.92 Å². The highest BCUT2D eigenvalue weighted by Gasteiger charge is 2.31. The molecule has 0 saturated carbocycles. The van der Waals surface area contributed by atoms with Crippen molar-refractivity contribution < 1.29 is 19.0 Å². The predicted octanol–water partition coefficient (Wildman–Crippen LogP) is 4.78. The van der Waals surface area contributed by atoms with E-state index in [2.05, 4.69) is 5.32 Å². The fourth-order valence-electron chi connectivity index (χ4n) is 2.83. The smallest absolute Gasteiger partial charge is 0.253 e. The second-order valence-corrected chi connectivity index (χ2v) is 6.84. The van der Waals surface area contributed by atoms with Gasteiger partial charge in [0, 0.05) is 29.7 Å². The van der Waals surface area contributed by atoms with Gasteiger partial charge in [0.1, 0.15) is 11.9 Å². The molecule has 1 aliphatic rings. The second-order valence-electron chi connectivity index (χ2n) is 5.97. The summed E-state index contributed by atoms with van der Waals surface area (Å²) >= 11 is 12.0. The van der Waals surface area contributed by atoms with Crippen molar-refractivity contribution >= 4 is 34.8 Å². The van der Waals surface area contributed by atoms with Crippen molar-refractivity contribution in [2.24, 2.45) is 5.92 Å².